The van der Waals surface area contributed by atoms with Crippen LogP contribution in [0.15, 0.2) is 65.5 Å². The number of nitriles is 1. The molecule has 0 saturated heterocycles. The lowest BCUT2D eigenvalue weighted by Crippen LogP contribution is -2.18. The fourth-order valence-corrected chi connectivity index (χ4v) is 3.33. The van der Waals surface area contributed by atoms with Gasteiger partial charge in [0.25, 0.3) is 5.56 Å². The van der Waals surface area contributed by atoms with E-state index in [2.05, 4.69) is 4.98 Å². The summed E-state index contributed by atoms with van der Waals surface area (Å²) in [4.78, 5) is 21.6. The Balaban J connectivity index is 1.93. The first-order chi connectivity index (χ1) is 14.0. The first kappa shape index (κ1) is 18.8. The fourth-order valence-electron chi connectivity index (χ4n) is 3.20. The number of hydrogen-bond acceptors (Lipinski definition) is 5. The van der Waals surface area contributed by atoms with Crippen molar-refractivity contribution in [1.82, 2.24) is 14.5 Å². The van der Waals surface area contributed by atoms with Crippen LogP contribution in [0, 0.1) is 11.3 Å². The number of aromatic nitrogens is 3. The molecule has 4 aromatic rings. The summed E-state index contributed by atoms with van der Waals surface area (Å²) >= 11 is 5.97. The molecule has 7 heteroatoms. The molecule has 3 aromatic heterocycles. The van der Waals surface area contributed by atoms with E-state index in [1.165, 1.54) is 10.6 Å². The minimum absolute atomic E-state index is 0.187. The molecule has 0 bridgehead atoms. The molecule has 1 atom stereocenters. The van der Waals surface area contributed by atoms with Crippen molar-refractivity contribution in [2.24, 2.45) is 12.8 Å². The van der Waals surface area contributed by atoms with Gasteiger partial charge < -0.3 is 10.3 Å². The molecule has 0 radical (unpaired) electrons. The lowest BCUT2D eigenvalue weighted by atomic mass is 10.0. The smallest absolute Gasteiger partial charge is 0.251 e. The summed E-state index contributed by atoms with van der Waals surface area (Å²) in [6.45, 7) is 0. The predicted octanol–water partition coefficient (Wildman–Crippen LogP) is 3.57. The van der Waals surface area contributed by atoms with Crippen LogP contribution < -0.4 is 11.3 Å². The molecule has 29 heavy (non-hydrogen) atoms. The zero-order chi connectivity index (χ0) is 20.5. The van der Waals surface area contributed by atoms with Gasteiger partial charge in [0, 0.05) is 23.7 Å². The van der Waals surface area contributed by atoms with Gasteiger partial charge in [-0.3, -0.25) is 4.79 Å². The molecule has 0 saturated carbocycles. The van der Waals surface area contributed by atoms with E-state index in [1.54, 1.807) is 37.4 Å². The monoisotopic (exact) mass is 401 g/mol. The normalized spacial score (nSPS) is 11.9. The molecule has 0 aliphatic carbocycles. The first-order valence-electron chi connectivity index (χ1n) is 8.87. The highest BCUT2D eigenvalue weighted by molar-refractivity contribution is 6.30. The van der Waals surface area contributed by atoms with Crippen LogP contribution in [0.25, 0.3) is 22.3 Å². The van der Waals surface area contributed by atoms with Gasteiger partial charge in [-0.1, -0.05) is 29.8 Å². The third-order valence-electron chi connectivity index (χ3n) is 4.80. The number of nitrogens with two attached hydrogens (primary N) is 1. The first-order valence-corrected chi connectivity index (χ1v) is 9.25. The number of benzene rings is 1. The number of nitrogens with zero attached hydrogens (tertiary/aromatic N) is 4. The minimum atomic E-state index is -0.458. The van der Waals surface area contributed by atoms with Crippen molar-refractivity contribution in [2.75, 3.05) is 0 Å². The summed E-state index contributed by atoms with van der Waals surface area (Å²) < 4.78 is 1.53. The maximum Gasteiger partial charge on any atom is 0.251 e. The molecule has 6 nitrogen and oxygen atoms in total. The van der Waals surface area contributed by atoms with Crippen LogP contribution in [0.3, 0.4) is 0 Å². The van der Waals surface area contributed by atoms with Gasteiger partial charge in [-0.25, -0.2) is 9.97 Å². The van der Waals surface area contributed by atoms with E-state index in [-0.39, 0.29) is 11.3 Å². The van der Waals surface area contributed by atoms with Gasteiger partial charge in [-0.2, -0.15) is 5.26 Å². The van der Waals surface area contributed by atoms with Gasteiger partial charge >= 0.3 is 0 Å². The Hall–Kier alpha value is -3.53. The number of fused-ring (bicyclic) bond motifs is 1. The summed E-state index contributed by atoms with van der Waals surface area (Å²) in [6.07, 6.45) is 0. The van der Waals surface area contributed by atoms with Crippen LogP contribution in [0.1, 0.15) is 23.0 Å². The highest BCUT2D eigenvalue weighted by atomic mass is 35.5. The van der Waals surface area contributed by atoms with E-state index < -0.39 is 6.04 Å². The zero-order valence-electron chi connectivity index (χ0n) is 15.5. The summed E-state index contributed by atoms with van der Waals surface area (Å²) in [7, 11) is 1.69. The van der Waals surface area contributed by atoms with Crippen LogP contribution in [-0.4, -0.2) is 14.5 Å². The van der Waals surface area contributed by atoms with Crippen molar-refractivity contribution in [3.8, 4) is 17.3 Å². The standard InChI is InChI=1S/C22H16ClN5O/c1-28-19-10-9-18(21(25)13-5-7-14(23)8-6-13)27-22(19)16(11-20(28)29)17-4-2-3-15(12-24)26-17/h2-11,21H,25H2,1H3. The van der Waals surface area contributed by atoms with Crippen molar-refractivity contribution in [3.63, 3.8) is 0 Å². The molecule has 2 N–H and O–H groups in total. The summed E-state index contributed by atoms with van der Waals surface area (Å²) in [5.41, 5.74) is 10.4. The molecule has 0 aliphatic heterocycles. The summed E-state index contributed by atoms with van der Waals surface area (Å²) in [6, 6.07) is 19.1. The van der Waals surface area contributed by atoms with Crippen LogP contribution in [-0.2, 0) is 7.05 Å². The number of rotatable bonds is 3. The fraction of sp³-hybridized carbons (Fsp3) is 0.0909. The molecule has 0 amide bonds. The SMILES string of the molecule is Cn1c(=O)cc(-c2cccc(C#N)n2)c2nc(C(N)c3ccc(Cl)cc3)ccc21. The highest BCUT2D eigenvalue weighted by Crippen LogP contribution is 2.27. The zero-order valence-corrected chi connectivity index (χ0v) is 16.3. The predicted molar refractivity (Wildman–Crippen MR) is 112 cm³/mol. The highest BCUT2D eigenvalue weighted by Gasteiger charge is 2.16. The quantitative estimate of drug-likeness (QED) is 0.566. The van der Waals surface area contributed by atoms with Crippen molar-refractivity contribution >= 4 is 22.6 Å². The minimum Gasteiger partial charge on any atom is -0.319 e. The van der Waals surface area contributed by atoms with Crippen molar-refractivity contribution in [2.45, 2.75) is 6.04 Å². The second-order valence-electron chi connectivity index (χ2n) is 6.61. The van der Waals surface area contributed by atoms with Gasteiger partial charge in [0.2, 0.25) is 0 Å². The average Bonchev–Trinajstić information content (AvgIpc) is 2.76. The second-order valence-corrected chi connectivity index (χ2v) is 7.04. The number of aryl methyl sites for hydroxylation is 1. The van der Waals surface area contributed by atoms with E-state index in [0.717, 1.165) is 5.56 Å². The molecule has 4 rings (SSSR count). The van der Waals surface area contributed by atoms with Crippen molar-refractivity contribution in [3.05, 3.63) is 93.0 Å². The van der Waals surface area contributed by atoms with E-state index in [4.69, 9.17) is 27.6 Å². The Morgan fingerprint density at radius 3 is 2.59 bits per heavy atom. The molecule has 142 valence electrons. The third-order valence-corrected chi connectivity index (χ3v) is 5.05. The number of pyridine rings is 3. The summed E-state index contributed by atoms with van der Waals surface area (Å²) in [5, 5.41) is 9.80. The maximum atomic E-state index is 12.5. The second kappa shape index (κ2) is 7.47. The molecule has 0 aliphatic rings. The third kappa shape index (κ3) is 3.49. The number of halogens is 1. The van der Waals surface area contributed by atoms with E-state index in [1.807, 2.05) is 30.3 Å². The summed E-state index contributed by atoms with van der Waals surface area (Å²) in [5.74, 6) is 0. The van der Waals surface area contributed by atoms with E-state index in [9.17, 15) is 4.79 Å². The topological polar surface area (TPSA) is 97.6 Å². The Kier molecular flexibility index (Phi) is 4.85. The Labute approximate surface area is 171 Å². The lowest BCUT2D eigenvalue weighted by Gasteiger charge is -2.15. The lowest BCUT2D eigenvalue weighted by molar-refractivity contribution is 0.831. The largest absolute Gasteiger partial charge is 0.319 e. The molecule has 1 unspecified atom stereocenters. The van der Waals surface area contributed by atoms with E-state index in [0.29, 0.717) is 33.0 Å². The molecular formula is C22H16ClN5O. The average molecular weight is 402 g/mol. The molecular weight excluding hydrogens is 386 g/mol. The molecule has 0 fully saturated rings. The van der Waals surface area contributed by atoms with Gasteiger partial charge in [0.05, 0.1) is 28.5 Å². The maximum absolute atomic E-state index is 12.5. The Morgan fingerprint density at radius 2 is 1.86 bits per heavy atom. The Bertz CT molecular complexity index is 1320. The van der Waals surface area contributed by atoms with Crippen LogP contribution in [0.5, 0.6) is 0 Å². The van der Waals surface area contributed by atoms with Crippen LogP contribution >= 0.6 is 11.6 Å². The molecule has 3 heterocycles. The molecule has 0 spiro atoms. The Morgan fingerprint density at radius 1 is 1.10 bits per heavy atom. The van der Waals surface area contributed by atoms with Gasteiger partial charge in [-0.15, -0.1) is 0 Å². The van der Waals surface area contributed by atoms with Crippen LogP contribution in [0.2, 0.25) is 5.02 Å². The van der Waals surface area contributed by atoms with Gasteiger partial charge in [0.1, 0.15) is 11.8 Å². The van der Waals surface area contributed by atoms with Crippen LogP contribution in [0.4, 0.5) is 0 Å². The van der Waals surface area contributed by atoms with Crippen molar-refractivity contribution < 1.29 is 0 Å². The number of hydrogen-bond donors (Lipinski definition) is 1. The molecule has 1 aromatic carbocycles. The van der Waals surface area contributed by atoms with Gasteiger partial charge in [-0.05, 0) is 42.0 Å². The van der Waals surface area contributed by atoms with E-state index >= 15 is 0 Å². The van der Waals surface area contributed by atoms with Crippen molar-refractivity contribution in [1.29, 1.82) is 5.26 Å². The van der Waals surface area contributed by atoms with Gasteiger partial charge in [0.15, 0.2) is 0 Å².